The lowest BCUT2D eigenvalue weighted by Gasteiger charge is -2.07. The molecule has 0 radical (unpaired) electrons. The molecule has 0 bridgehead atoms. The van der Waals surface area contributed by atoms with Crippen LogP contribution in [0.2, 0.25) is 0 Å². The van der Waals surface area contributed by atoms with Gasteiger partial charge in [-0.2, -0.15) is 5.10 Å². The highest BCUT2D eigenvalue weighted by Crippen LogP contribution is 2.21. The number of hydrogen-bond acceptors (Lipinski definition) is 6. The molecule has 1 aromatic carbocycles. The van der Waals surface area contributed by atoms with Gasteiger partial charge in [0.1, 0.15) is 12.3 Å². The molecule has 0 spiro atoms. The molecule has 2 N–H and O–H groups in total. The lowest BCUT2D eigenvalue weighted by molar-refractivity contribution is -0.116. The summed E-state index contributed by atoms with van der Waals surface area (Å²) in [5, 5.41) is 12.2. The molecule has 7 nitrogen and oxygen atoms in total. The van der Waals surface area contributed by atoms with Crippen LogP contribution in [0.4, 0.5) is 5.13 Å². The monoisotopic (exact) mass is 361 g/mol. The van der Waals surface area contributed by atoms with Crippen LogP contribution in [0.15, 0.2) is 29.6 Å². The van der Waals surface area contributed by atoms with Crippen LogP contribution in [-0.2, 0) is 11.3 Å². The largest absolute Gasteiger partial charge is 0.497 e. The lowest BCUT2D eigenvalue weighted by Crippen LogP contribution is -2.19. The molecule has 0 aliphatic rings. The molecule has 2 aromatic heterocycles. The Bertz CT molecular complexity index is 911. The molecular formula is C15H15N5O2S2. The van der Waals surface area contributed by atoms with Gasteiger partial charge in [-0.3, -0.25) is 14.5 Å². The molecule has 2 heterocycles. The first kappa shape index (κ1) is 16.3. The molecular weight excluding hydrogens is 346 g/mol. The van der Waals surface area contributed by atoms with Gasteiger partial charge in [0.15, 0.2) is 15.7 Å². The number of hydrogen-bond donors (Lipinski definition) is 2. The Hall–Kier alpha value is -2.52. The average Bonchev–Trinajstić information content (AvgIpc) is 3.14. The second-order valence-electron chi connectivity index (χ2n) is 5.01. The molecule has 0 aliphatic carbocycles. The third kappa shape index (κ3) is 3.52. The number of H-pyrrole nitrogens is 1. The fourth-order valence-electron chi connectivity index (χ4n) is 2.14. The topological polar surface area (TPSA) is 84.8 Å². The number of thiazole rings is 1. The van der Waals surface area contributed by atoms with E-state index < -0.39 is 0 Å². The summed E-state index contributed by atoms with van der Waals surface area (Å²) in [5.41, 5.74) is 1.70. The van der Waals surface area contributed by atoms with E-state index in [1.165, 1.54) is 11.3 Å². The number of nitrogens with one attached hydrogen (secondary N) is 2. The van der Waals surface area contributed by atoms with Crippen molar-refractivity contribution in [1.82, 2.24) is 19.7 Å². The molecule has 0 unspecified atom stereocenters. The van der Waals surface area contributed by atoms with Crippen molar-refractivity contribution in [3.05, 3.63) is 40.1 Å². The Morgan fingerprint density at radius 1 is 1.42 bits per heavy atom. The average molecular weight is 361 g/mol. The van der Waals surface area contributed by atoms with Crippen LogP contribution in [0, 0.1) is 11.7 Å². The minimum Gasteiger partial charge on any atom is -0.497 e. The standard InChI is InChI=1S/C15H15N5O2S2/c1-9-8-24-14(16-9)17-12(21)7-20-13(18-19-15(20)23)10-3-5-11(22-2)6-4-10/h3-6,8H,7H2,1-2H3,(H,19,23)(H,16,17,21). The molecule has 9 heteroatoms. The van der Waals surface area contributed by atoms with E-state index in [-0.39, 0.29) is 12.5 Å². The van der Waals surface area contributed by atoms with Crippen molar-refractivity contribution < 1.29 is 9.53 Å². The number of amides is 1. The van der Waals surface area contributed by atoms with Crippen LogP contribution >= 0.6 is 23.6 Å². The number of carbonyl (C=O) groups is 1. The number of aryl methyl sites for hydroxylation is 1. The summed E-state index contributed by atoms with van der Waals surface area (Å²) in [7, 11) is 1.61. The quantitative estimate of drug-likeness (QED) is 0.683. The van der Waals surface area contributed by atoms with Crippen LogP contribution in [0.25, 0.3) is 11.4 Å². The van der Waals surface area contributed by atoms with E-state index in [1.807, 2.05) is 36.6 Å². The fourth-order valence-corrected chi connectivity index (χ4v) is 3.04. The zero-order valence-corrected chi connectivity index (χ0v) is 14.7. The van der Waals surface area contributed by atoms with Gasteiger partial charge in [-0.05, 0) is 43.4 Å². The molecule has 0 fully saturated rings. The highest BCUT2D eigenvalue weighted by Gasteiger charge is 2.13. The number of benzene rings is 1. The summed E-state index contributed by atoms with van der Waals surface area (Å²) in [6.45, 7) is 1.93. The number of aromatic nitrogens is 4. The van der Waals surface area contributed by atoms with E-state index in [1.54, 1.807) is 11.7 Å². The van der Waals surface area contributed by atoms with Gasteiger partial charge >= 0.3 is 0 Å². The zero-order valence-electron chi connectivity index (χ0n) is 13.1. The number of methoxy groups -OCH3 is 1. The van der Waals surface area contributed by atoms with Crippen molar-refractivity contribution in [2.24, 2.45) is 0 Å². The Morgan fingerprint density at radius 2 is 2.17 bits per heavy atom. The van der Waals surface area contributed by atoms with Crippen LogP contribution in [0.1, 0.15) is 5.69 Å². The number of nitrogens with zero attached hydrogens (tertiary/aromatic N) is 3. The maximum atomic E-state index is 12.3. The smallest absolute Gasteiger partial charge is 0.246 e. The van der Waals surface area contributed by atoms with Gasteiger partial charge in [-0.25, -0.2) is 4.98 Å². The molecule has 3 rings (SSSR count). The van der Waals surface area contributed by atoms with E-state index >= 15 is 0 Å². The first-order valence-electron chi connectivity index (χ1n) is 7.08. The highest BCUT2D eigenvalue weighted by molar-refractivity contribution is 7.71. The van der Waals surface area contributed by atoms with Crippen molar-refractivity contribution in [1.29, 1.82) is 0 Å². The van der Waals surface area contributed by atoms with Gasteiger partial charge in [-0.15, -0.1) is 11.3 Å². The Labute approximate surface area is 147 Å². The number of ether oxygens (including phenoxy) is 1. The van der Waals surface area contributed by atoms with Gasteiger partial charge in [0, 0.05) is 10.9 Å². The molecule has 1 amide bonds. The summed E-state index contributed by atoms with van der Waals surface area (Å²) in [6, 6.07) is 7.39. The molecule has 0 atom stereocenters. The molecule has 0 saturated carbocycles. The van der Waals surface area contributed by atoms with E-state index in [9.17, 15) is 4.79 Å². The third-order valence-electron chi connectivity index (χ3n) is 3.27. The lowest BCUT2D eigenvalue weighted by atomic mass is 10.2. The van der Waals surface area contributed by atoms with E-state index in [2.05, 4.69) is 20.5 Å². The highest BCUT2D eigenvalue weighted by atomic mass is 32.1. The van der Waals surface area contributed by atoms with Crippen LogP contribution in [-0.4, -0.2) is 32.8 Å². The van der Waals surface area contributed by atoms with Crippen LogP contribution in [0.3, 0.4) is 0 Å². The van der Waals surface area contributed by atoms with Crippen LogP contribution < -0.4 is 10.1 Å². The fraction of sp³-hybridized carbons (Fsp3) is 0.200. The summed E-state index contributed by atoms with van der Waals surface area (Å²) in [4.78, 5) is 16.5. The zero-order chi connectivity index (χ0) is 17.1. The van der Waals surface area contributed by atoms with E-state index in [0.717, 1.165) is 17.0 Å². The van der Waals surface area contributed by atoms with Crippen molar-refractivity contribution in [3.63, 3.8) is 0 Å². The van der Waals surface area contributed by atoms with Crippen molar-refractivity contribution in [2.75, 3.05) is 12.4 Å². The Morgan fingerprint density at radius 3 is 2.79 bits per heavy atom. The van der Waals surface area contributed by atoms with Crippen LogP contribution in [0.5, 0.6) is 5.75 Å². The maximum absolute atomic E-state index is 12.3. The van der Waals surface area contributed by atoms with Gasteiger partial charge in [-0.1, -0.05) is 0 Å². The van der Waals surface area contributed by atoms with Gasteiger partial charge in [0.05, 0.1) is 12.8 Å². The van der Waals surface area contributed by atoms with Gasteiger partial charge < -0.3 is 10.1 Å². The first-order chi connectivity index (χ1) is 11.6. The second kappa shape index (κ2) is 6.93. The summed E-state index contributed by atoms with van der Waals surface area (Å²) in [5.74, 6) is 1.13. The molecule has 24 heavy (non-hydrogen) atoms. The Kier molecular flexibility index (Phi) is 4.72. The molecule has 3 aromatic rings. The Balaban J connectivity index is 1.81. The first-order valence-corrected chi connectivity index (χ1v) is 8.37. The predicted molar refractivity (Wildman–Crippen MR) is 94.9 cm³/mol. The predicted octanol–water partition coefficient (Wildman–Crippen LogP) is 3.02. The minimum atomic E-state index is -0.211. The number of aromatic amines is 1. The van der Waals surface area contributed by atoms with Crippen molar-refractivity contribution in [2.45, 2.75) is 13.5 Å². The van der Waals surface area contributed by atoms with Gasteiger partial charge in [0.2, 0.25) is 5.91 Å². The minimum absolute atomic E-state index is 0.0509. The maximum Gasteiger partial charge on any atom is 0.246 e. The second-order valence-corrected chi connectivity index (χ2v) is 6.25. The summed E-state index contributed by atoms with van der Waals surface area (Å²) >= 11 is 6.62. The number of rotatable bonds is 5. The summed E-state index contributed by atoms with van der Waals surface area (Å²) < 4.78 is 7.17. The number of carbonyl (C=O) groups excluding carboxylic acids is 1. The molecule has 0 saturated heterocycles. The van der Waals surface area contributed by atoms with Crippen molar-refractivity contribution >= 4 is 34.6 Å². The molecule has 0 aliphatic heterocycles. The third-order valence-corrected chi connectivity index (χ3v) is 4.46. The van der Waals surface area contributed by atoms with Gasteiger partial charge in [0.25, 0.3) is 0 Å². The SMILES string of the molecule is COc1ccc(-c2n[nH]c(=S)n2CC(=O)Nc2nc(C)cs2)cc1. The molecule has 124 valence electrons. The normalized spacial score (nSPS) is 10.6. The van der Waals surface area contributed by atoms with Crippen molar-refractivity contribution in [3.8, 4) is 17.1 Å². The summed E-state index contributed by atoms with van der Waals surface area (Å²) in [6.07, 6.45) is 0. The van der Waals surface area contributed by atoms with E-state index in [0.29, 0.717) is 15.7 Å². The number of anilines is 1. The van der Waals surface area contributed by atoms with E-state index in [4.69, 9.17) is 17.0 Å².